The summed E-state index contributed by atoms with van der Waals surface area (Å²) >= 11 is 0. The van der Waals surface area contributed by atoms with Crippen LogP contribution in [0.3, 0.4) is 0 Å². The highest BCUT2D eigenvalue weighted by Gasteiger charge is 2.81. The normalized spacial score (nSPS) is 14.3. The summed E-state index contributed by atoms with van der Waals surface area (Å²) in [6.45, 7) is 0. The third-order valence-corrected chi connectivity index (χ3v) is 34.7. The second-order valence-electron chi connectivity index (χ2n) is 5.95. The lowest BCUT2D eigenvalue weighted by atomic mass is 10.4. The van der Waals surface area contributed by atoms with E-state index in [0.717, 1.165) is 48.5 Å². The number of rotatable bonds is 8. The molecule has 0 aromatic heterocycles. The van der Waals surface area contributed by atoms with Crippen molar-refractivity contribution in [3.8, 4) is 0 Å². The van der Waals surface area contributed by atoms with Crippen molar-refractivity contribution in [2.75, 3.05) is 5.90 Å². The van der Waals surface area contributed by atoms with Crippen LogP contribution in [0.25, 0.3) is 0 Å². The monoisotopic (exact) mass is 554 g/mol. The predicted octanol–water partition coefficient (Wildman–Crippen LogP) is 0.841. The molecule has 18 heteroatoms. The van der Waals surface area contributed by atoms with Crippen LogP contribution < -0.4 is 10.6 Å². The molecule has 0 saturated heterocycles. The van der Waals surface area contributed by atoms with E-state index in [0.29, 0.717) is 0 Å². The summed E-state index contributed by atoms with van der Waals surface area (Å²) in [5, 5.41) is -1.65. The molecule has 31 heavy (non-hydrogen) atoms. The third-order valence-electron chi connectivity index (χ3n) is 4.16. The first-order chi connectivity index (χ1) is 13.9. The number of benzene rings is 2. The Balaban J connectivity index is 3.20. The van der Waals surface area contributed by atoms with Gasteiger partial charge in [0.05, 0.1) is 0 Å². The molecule has 172 valence electrons. The zero-order valence-electron chi connectivity index (χ0n) is 15.1. The van der Waals surface area contributed by atoms with Crippen molar-refractivity contribution in [3.63, 3.8) is 0 Å². The zero-order valence-corrected chi connectivity index (χ0v) is 20.1. The van der Waals surface area contributed by atoms with E-state index in [2.05, 4.69) is 0 Å². The van der Waals surface area contributed by atoms with E-state index < -0.39 is 66.8 Å². The molecule has 0 fully saturated rings. The highest BCUT2D eigenvalue weighted by molar-refractivity contribution is 8.96. The van der Waals surface area contributed by atoms with Crippen LogP contribution in [-0.4, -0.2) is 57.8 Å². The summed E-state index contributed by atoms with van der Waals surface area (Å²) < 4.78 is 139. The quantitative estimate of drug-likeness (QED) is 0.264. The van der Waals surface area contributed by atoms with Crippen molar-refractivity contribution in [2.24, 2.45) is 0 Å². The van der Waals surface area contributed by atoms with Crippen LogP contribution in [0.2, 0.25) is 0 Å². The van der Waals surface area contributed by atoms with Gasteiger partial charge in [-0.15, -0.1) is 0 Å². The molecule has 0 aliphatic carbocycles. The average molecular weight is 554 g/mol. The highest BCUT2D eigenvalue weighted by atomic mass is 33.2. The van der Waals surface area contributed by atoms with Gasteiger partial charge in [-0.1, -0.05) is 36.4 Å². The maximum Gasteiger partial charge on any atom is 0.408 e. The Kier molecular flexibility index (Phi) is 7.08. The third kappa shape index (κ3) is 4.42. The summed E-state index contributed by atoms with van der Waals surface area (Å²) in [7, 11) is -23.8. The van der Waals surface area contributed by atoms with Gasteiger partial charge in [0.1, 0.15) is 10.6 Å². The Labute approximate surface area is 179 Å². The van der Waals surface area contributed by atoms with Gasteiger partial charge < -0.3 is 0 Å². The first-order valence-electron chi connectivity index (χ1n) is 7.69. The van der Waals surface area contributed by atoms with E-state index in [1.807, 2.05) is 0 Å². The Morgan fingerprint density at radius 2 is 0.710 bits per heavy atom. The summed E-state index contributed by atoms with van der Waals surface area (Å²) in [5.41, 5.74) is -11.3. The molecule has 0 saturated carbocycles. The Hall–Kier alpha value is -1.06. The van der Waals surface area contributed by atoms with E-state index in [9.17, 15) is 51.9 Å². The molecule has 0 spiro atoms. The molecule has 4 N–H and O–H groups in total. The fourth-order valence-electron chi connectivity index (χ4n) is 2.78. The maximum atomic E-state index is 12.4. The van der Waals surface area contributed by atoms with Crippen LogP contribution in [0.15, 0.2) is 60.7 Å². The van der Waals surface area contributed by atoms with Crippen LogP contribution in [-0.2, 0) is 39.0 Å². The molecule has 2 aromatic carbocycles. The Morgan fingerprint density at radius 1 is 0.484 bits per heavy atom. The zero-order chi connectivity index (χ0) is 23.9. The second-order valence-corrected chi connectivity index (χ2v) is 28.8. The van der Waals surface area contributed by atoms with Gasteiger partial charge in [-0.2, -0.15) is 33.7 Å². The lowest BCUT2D eigenvalue weighted by Gasteiger charge is -2.24. The topological polar surface area (TPSA) is 217 Å². The maximum absolute atomic E-state index is 12.4. The van der Waals surface area contributed by atoms with E-state index in [1.54, 1.807) is 0 Å². The standard InChI is InChI=1S/C13H14O12P2S4/c14-28(15,16)26(29(17,18)19,12-7-3-1-4-8-12)11-27(30(20,21)22,31(23,24)25)13-9-5-2-6-10-13/h1-10H,11H2,(H2-2,14,15,16,17,18,19,20,21,22,23,24,25)/p+2. The van der Waals surface area contributed by atoms with Crippen LogP contribution in [0.1, 0.15) is 0 Å². The molecule has 0 unspecified atom stereocenters. The van der Waals surface area contributed by atoms with Crippen molar-refractivity contribution >= 4 is 60.9 Å². The number of hydrogen-bond donors (Lipinski definition) is 4. The molecule has 0 bridgehead atoms. The first-order valence-corrected chi connectivity index (χ1v) is 19.8. The van der Waals surface area contributed by atoms with E-state index in [-0.39, 0.29) is 0 Å². The van der Waals surface area contributed by atoms with E-state index in [4.69, 9.17) is 0 Å². The lowest BCUT2D eigenvalue weighted by Crippen LogP contribution is -2.35. The fourth-order valence-corrected chi connectivity index (χ4v) is 35.7. The summed E-state index contributed by atoms with van der Waals surface area (Å²) in [4.78, 5) is 0. The fraction of sp³-hybridized carbons (Fsp3) is 0.0769. The largest absolute Gasteiger partial charge is 0.408 e. The second kappa shape index (κ2) is 8.37. The molecule has 0 aliphatic rings. The van der Waals surface area contributed by atoms with Crippen LogP contribution >= 0.6 is 11.3 Å². The molecule has 0 heterocycles. The predicted molar refractivity (Wildman–Crippen MR) is 117 cm³/mol. The summed E-state index contributed by atoms with van der Waals surface area (Å²) in [6, 6.07) is 10.2. The van der Waals surface area contributed by atoms with Gasteiger partial charge in [0, 0.05) is 0 Å². The van der Waals surface area contributed by atoms with E-state index >= 15 is 0 Å². The smallest absolute Gasteiger partial charge is 0.255 e. The SMILES string of the molecule is O=S(=O)(O)[P+](C[P+](c1ccccc1)(S(=O)(=O)O)S(=O)(=O)O)(c1ccccc1)S(=O)(=O)O. The van der Waals surface area contributed by atoms with Crippen molar-refractivity contribution in [1.82, 2.24) is 0 Å². The number of hydrogen-bond acceptors (Lipinski definition) is 8. The molecule has 2 aromatic rings. The van der Waals surface area contributed by atoms with Gasteiger partial charge in [0.15, 0.2) is 0 Å². The first kappa shape index (κ1) is 26.2. The molecular formula is C13H16O12P2S4+2. The molecule has 12 nitrogen and oxygen atoms in total. The van der Waals surface area contributed by atoms with Crippen LogP contribution in [0.4, 0.5) is 0 Å². The van der Waals surface area contributed by atoms with Crippen LogP contribution in [0.5, 0.6) is 0 Å². The minimum Gasteiger partial charge on any atom is -0.255 e. The summed E-state index contributed by atoms with van der Waals surface area (Å²) in [5.74, 6) is -2.04. The highest BCUT2D eigenvalue weighted by Crippen LogP contribution is 2.82. The minimum absolute atomic E-state index is 0.809. The van der Waals surface area contributed by atoms with Crippen molar-refractivity contribution in [1.29, 1.82) is 0 Å². The molecule has 0 aliphatic heterocycles. The molecule has 0 amide bonds. The molecule has 0 radical (unpaired) electrons. The van der Waals surface area contributed by atoms with Gasteiger partial charge in [-0.05, 0) is 24.3 Å². The Morgan fingerprint density at radius 3 is 0.903 bits per heavy atom. The van der Waals surface area contributed by atoms with Gasteiger partial charge in [-0.3, -0.25) is 18.2 Å². The molecule has 2 rings (SSSR count). The average Bonchev–Trinajstić information content (AvgIpc) is 2.59. The van der Waals surface area contributed by atoms with Crippen LogP contribution in [0, 0.1) is 0 Å². The van der Waals surface area contributed by atoms with Gasteiger partial charge in [0.2, 0.25) is 5.90 Å². The minimum atomic E-state index is -5.95. The van der Waals surface area contributed by atoms with E-state index in [1.165, 1.54) is 12.1 Å². The molecule has 0 atom stereocenters. The molecular weight excluding hydrogens is 538 g/mol. The van der Waals surface area contributed by atoms with Gasteiger partial charge >= 0.3 is 50.3 Å². The van der Waals surface area contributed by atoms with Crippen molar-refractivity contribution < 1.29 is 51.9 Å². The Bertz CT molecular complexity index is 1210. The van der Waals surface area contributed by atoms with Gasteiger partial charge in [-0.25, -0.2) is 0 Å². The lowest BCUT2D eigenvalue weighted by molar-refractivity contribution is 0.493. The van der Waals surface area contributed by atoms with Crippen molar-refractivity contribution in [3.05, 3.63) is 60.7 Å². The summed E-state index contributed by atoms with van der Waals surface area (Å²) in [6.07, 6.45) is 0. The van der Waals surface area contributed by atoms with Gasteiger partial charge in [0.25, 0.3) is 0 Å². The van der Waals surface area contributed by atoms with Crippen molar-refractivity contribution in [2.45, 2.75) is 0 Å².